The molecule has 0 aliphatic carbocycles. The van der Waals surface area contributed by atoms with E-state index in [2.05, 4.69) is 15.4 Å². The fraction of sp³-hybridized carbons (Fsp3) is 0.333. The van der Waals surface area contributed by atoms with E-state index >= 15 is 0 Å². The maximum atomic E-state index is 12.7. The summed E-state index contributed by atoms with van der Waals surface area (Å²) in [7, 11) is 0. The van der Waals surface area contributed by atoms with Gasteiger partial charge >= 0.3 is 0 Å². The van der Waals surface area contributed by atoms with Gasteiger partial charge < -0.3 is 14.6 Å². The number of piperidine rings is 1. The van der Waals surface area contributed by atoms with Crippen molar-refractivity contribution in [3.05, 3.63) is 59.9 Å². The first-order valence-electron chi connectivity index (χ1n) is 9.64. The highest BCUT2D eigenvalue weighted by Crippen LogP contribution is 2.21. The SMILES string of the molecule is Cc1cc(C)n(-c2ccc(NC(=O)[C@H]3CCCN(C(=O)c4ccco4)C3)cn2)n1. The van der Waals surface area contributed by atoms with Crippen LogP contribution in [0, 0.1) is 19.8 Å². The summed E-state index contributed by atoms with van der Waals surface area (Å²) in [5.74, 6) is 0.445. The molecule has 0 spiro atoms. The number of aromatic nitrogens is 3. The minimum atomic E-state index is -0.265. The lowest BCUT2D eigenvalue weighted by Crippen LogP contribution is -2.43. The molecule has 4 heterocycles. The molecule has 3 aromatic heterocycles. The summed E-state index contributed by atoms with van der Waals surface area (Å²) in [6, 6.07) is 8.94. The molecule has 1 fully saturated rings. The lowest BCUT2D eigenvalue weighted by molar-refractivity contribution is -0.121. The van der Waals surface area contributed by atoms with Crippen molar-refractivity contribution in [2.24, 2.45) is 5.92 Å². The Kier molecular flexibility index (Phi) is 5.16. The second-order valence-electron chi connectivity index (χ2n) is 7.30. The third-order valence-corrected chi connectivity index (χ3v) is 5.05. The first-order valence-corrected chi connectivity index (χ1v) is 9.64. The largest absolute Gasteiger partial charge is 0.459 e. The molecule has 29 heavy (non-hydrogen) atoms. The third kappa shape index (κ3) is 4.06. The Hall–Kier alpha value is -3.42. The Morgan fingerprint density at radius 3 is 2.76 bits per heavy atom. The van der Waals surface area contributed by atoms with Gasteiger partial charge in [0.1, 0.15) is 0 Å². The highest BCUT2D eigenvalue weighted by Gasteiger charge is 2.30. The van der Waals surface area contributed by atoms with Crippen LogP contribution in [0.15, 0.2) is 47.2 Å². The van der Waals surface area contributed by atoms with Gasteiger partial charge in [-0.05, 0) is 57.0 Å². The lowest BCUT2D eigenvalue weighted by Gasteiger charge is -2.31. The molecule has 1 aliphatic rings. The number of aryl methyl sites for hydroxylation is 2. The number of pyridine rings is 1. The number of furan rings is 1. The van der Waals surface area contributed by atoms with Crippen LogP contribution < -0.4 is 5.32 Å². The Morgan fingerprint density at radius 1 is 1.24 bits per heavy atom. The van der Waals surface area contributed by atoms with E-state index in [-0.39, 0.29) is 17.7 Å². The van der Waals surface area contributed by atoms with Gasteiger partial charge in [-0.2, -0.15) is 5.10 Å². The third-order valence-electron chi connectivity index (χ3n) is 5.05. The van der Waals surface area contributed by atoms with Crippen LogP contribution in [0.1, 0.15) is 34.8 Å². The van der Waals surface area contributed by atoms with Crippen molar-refractivity contribution in [2.75, 3.05) is 18.4 Å². The number of carbonyl (C=O) groups excluding carboxylic acids is 2. The van der Waals surface area contributed by atoms with Crippen LogP contribution in [0.5, 0.6) is 0 Å². The molecular weight excluding hydrogens is 370 g/mol. The van der Waals surface area contributed by atoms with Gasteiger partial charge in [-0.15, -0.1) is 0 Å². The molecule has 1 atom stereocenters. The molecule has 150 valence electrons. The van der Waals surface area contributed by atoms with Crippen molar-refractivity contribution in [3.8, 4) is 5.82 Å². The van der Waals surface area contributed by atoms with Gasteiger partial charge in [0.05, 0.1) is 29.8 Å². The van der Waals surface area contributed by atoms with Gasteiger partial charge in [-0.3, -0.25) is 9.59 Å². The Balaban J connectivity index is 1.40. The smallest absolute Gasteiger partial charge is 0.289 e. The molecule has 0 aromatic carbocycles. The first kappa shape index (κ1) is 18.9. The molecule has 4 rings (SSSR count). The molecule has 2 amide bonds. The summed E-state index contributed by atoms with van der Waals surface area (Å²) in [5, 5.41) is 7.32. The van der Waals surface area contributed by atoms with Crippen molar-refractivity contribution >= 4 is 17.5 Å². The Bertz CT molecular complexity index is 1010. The first-order chi connectivity index (χ1) is 14.0. The van der Waals surface area contributed by atoms with Gasteiger partial charge in [0.15, 0.2) is 11.6 Å². The van der Waals surface area contributed by atoms with E-state index in [9.17, 15) is 9.59 Å². The van der Waals surface area contributed by atoms with E-state index in [1.165, 1.54) is 6.26 Å². The second-order valence-corrected chi connectivity index (χ2v) is 7.30. The van der Waals surface area contributed by atoms with E-state index in [1.54, 1.807) is 27.9 Å². The monoisotopic (exact) mass is 393 g/mol. The second kappa shape index (κ2) is 7.90. The van der Waals surface area contributed by atoms with Crippen molar-refractivity contribution in [3.63, 3.8) is 0 Å². The number of hydrogen-bond acceptors (Lipinski definition) is 5. The molecule has 8 nitrogen and oxygen atoms in total. The average molecular weight is 393 g/mol. The van der Waals surface area contributed by atoms with E-state index in [1.807, 2.05) is 32.0 Å². The molecule has 0 radical (unpaired) electrons. The van der Waals surface area contributed by atoms with E-state index in [0.29, 0.717) is 30.4 Å². The predicted molar refractivity (Wildman–Crippen MR) is 107 cm³/mol. The highest BCUT2D eigenvalue weighted by molar-refractivity contribution is 5.94. The molecule has 0 bridgehead atoms. The van der Waals surface area contributed by atoms with Crippen molar-refractivity contribution in [1.82, 2.24) is 19.7 Å². The topological polar surface area (TPSA) is 93.3 Å². The van der Waals surface area contributed by atoms with Crippen molar-refractivity contribution in [1.29, 1.82) is 0 Å². The molecule has 0 saturated carbocycles. The molecular formula is C21H23N5O3. The van der Waals surface area contributed by atoms with Crippen LogP contribution in [0.3, 0.4) is 0 Å². The fourth-order valence-corrected chi connectivity index (χ4v) is 3.62. The van der Waals surface area contributed by atoms with Crippen LogP contribution in [-0.4, -0.2) is 44.6 Å². The number of anilines is 1. The van der Waals surface area contributed by atoms with Gasteiger partial charge in [0.25, 0.3) is 5.91 Å². The summed E-state index contributed by atoms with van der Waals surface area (Å²) < 4.78 is 6.95. The van der Waals surface area contributed by atoms with E-state index < -0.39 is 0 Å². The molecule has 0 unspecified atom stereocenters. The van der Waals surface area contributed by atoms with Crippen LogP contribution in [0.25, 0.3) is 5.82 Å². The Morgan fingerprint density at radius 2 is 2.10 bits per heavy atom. The van der Waals surface area contributed by atoms with Crippen LogP contribution in [0.4, 0.5) is 5.69 Å². The maximum Gasteiger partial charge on any atom is 0.289 e. The summed E-state index contributed by atoms with van der Waals surface area (Å²) in [5.41, 5.74) is 2.54. The van der Waals surface area contributed by atoms with Crippen LogP contribution in [-0.2, 0) is 4.79 Å². The normalized spacial score (nSPS) is 16.6. The lowest BCUT2D eigenvalue weighted by atomic mass is 9.97. The summed E-state index contributed by atoms with van der Waals surface area (Å²) in [6.07, 6.45) is 4.62. The number of nitrogens with one attached hydrogen (secondary N) is 1. The zero-order valence-electron chi connectivity index (χ0n) is 16.5. The quantitative estimate of drug-likeness (QED) is 0.736. The summed E-state index contributed by atoms with van der Waals surface area (Å²) in [6.45, 7) is 4.91. The molecule has 1 saturated heterocycles. The number of rotatable bonds is 4. The number of hydrogen-bond donors (Lipinski definition) is 1. The Labute approximate surface area is 168 Å². The van der Waals surface area contributed by atoms with Crippen LogP contribution >= 0.6 is 0 Å². The summed E-state index contributed by atoms with van der Waals surface area (Å²) in [4.78, 5) is 31.3. The molecule has 1 aliphatic heterocycles. The highest BCUT2D eigenvalue weighted by atomic mass is 16.3. The van der Waals surface area contributed by atoms with Gasteiger partial charge in [-0.1, -0.05) is 0 Å². The minimum Gasteiger partial charge on any atom is -0.459 e. The zero-order valence-corrected chi connectivity index (χ0v) is 16.5. The van der Waals surface area contributed by atoms with Crippen molar-refractivity contribution in [2.45, 2.75) is 26.7 Å². The molecule has 8 heteroatoms. The van der Waals surface area contributed by atoms with Crippen molar-refractivity contribution < 1.29 is 14.0 Å². The molecule has 1 N–H and O–H groups in total. The fourth-order valence-electron chi connectivity index (χ4n) is 3.62. The molecule has 3 aromatic rings. The van der Waals surface area contributed by atoms with Gasteiger partial charge in [0, 0.05) is 18.8 Å². The zero-order chi connectivity index (χ0) is 20.4. The maximum absolute atomic E-state index is 12.7. The van der Waals surface area contributed by atoms with Crippen LogP contribution in [0.2, 0.25) is 0 Å². The predicted octanol–water partition coefficient (Wildman–Crippen LogP) is 2.97. The standard InChI is InChI=1S/C21H23N5O3/c1-14-11-15(2)26(24-14)19-8-7-17(12-22-19)23-20(27)16-5-3-9-25(13-16)21(28)18-6-4-10-29-18/h4,6-8,10-12,16H,3,5,9,13H2,1-2H3,(H,23,27)/t16-/m0/s1. The number of amides is 2. The summed E-state index contributed by atoms with van der Waals surface area (Å²) >= 11 is 0. The number of likely N-dealkylation sites (tertiary alicyclic amines) is 1. The van der Waals surface area contributed by atoms with E-state index in [4.69, 9.17) is 4.42 Å². The minimum absolute atomic E-state index is 0.109. The average Bonchev–Trinajstić information content (AvgIpc) is 3.38. The number of carbonyl (C=O) groups is 2. The number of nitrogens with zero attached hydrogens (tertiary/aromatic N) is 4. The van der Waals surface area contributed by atoms with Gasteiger partial charge in [0.2, 0.25) is 5.91 Å². The van der Waals surface area contributed by atoms with Gasteiger partial charge in [-0.25, -0.2) is 9.67 Å². The van der Waals surface area contributed by atoms with E-state index in [0.717, 1.165) is 24.2 Å².